The molecule has 0 radical (unpaired) electrons. The fourth-order valence-electron chi connectivity index (χ4n) is 5.15. The molecule has 34 heavy (non-hydrogen) atoms. The first-order valence-corrected chi connectivity index (χ1v) is 12.3. The van der Waals surface area contributed by atoms with Gasteiger partial charge in [0, 0.05) is 28.2 Å². The third-order valence-electron chi connectivity index (χ3n) is 7.93. The zero-order valence-electron chi connectivity index (χ0n) is 21.3. The number of piperidine rings is 1. The summed E-state index contributed by atoms with van der Waals surface area (Å²) < 4.78 is 0. The summed E-state index contributed by atoms with van der Waals surface area (Å²) >= 11 is 0. The zero-order chi connectivity index (χ0) is 25.1. The van der Waals surface area contributed by atoms with Gasteiger partial charge in [0.1, 0.15) is 6.10 Å². The number of nitrogens with two attached hydrogens (primary N) is 1. The molecular weight excluding hydrogens is 426 g/mol. The van der Waals surface area contributed by atoms with E-state index < -0.39 is 5.91 Å². The topological polar surface area (TPSA) is 84.7 Å². The molecule has 3 rings (SSSR count). The number of carbonyl (C=O) groups excluding carboxylic acids is 2. The van der Waals surface area contributed by atoms with Gasteiger partial charge >= 0.3 is 0 Å². The molecule has 5 atom stereocenters. The molecule has 184 valence electrons. The number of nitrogens with zero attached hydrogens (tertiary/aromatic N) is 1. The average Bonchev–Trinajstić information content (AvgIpc) is 2.85. The summed E-state index contributed by atoms with van der Waals surface area (Å²) in [5, 5.41) is 5.48. The van der Waals surface area contributed by atoms with Crippen LogP contribution in [0.2, 0.25) is 0 Å². The highest BCUT2D eigenvalue weighted by Gasteiger charge is 2.54. The van der Waals surface area contributed by atoms with Crippen molar-refractivity contribution in [1.82, 2.24) is 10.4 Å². The fraction of sp³-hybridized carbons (Fsp3) is 0.500. The Labute approximate surface area is 203 Å². The van der Waals surface area contributed by atoms with Crippen molar-refractivity contribution in [3.8, 4) is 0 Å². The molecule has 1 aliphatic heterocycles. The number of benzene rings is 2. The Morgan fingerprint density at radius 2 is 1.74 bits per heavy atom. The molecule has 1 heterocycles. The zero-order valence-corrected chi connectivity index (χ0v) is 21.3. The Morgan fingerprint density at radius 1 is 1.09 bits per heavy atom. The van der Waals surface area contributed by atoms with Crippen molar-refractivity contribution in [2.24, 2.45) is 11.7 Å². The van der Waals surface area contributed by atoms with Crippen LogP contribution in [0.25, 0.3) is 0 Å². The van der Waals surface area contributed by atoms with Gasteiger partial charge in [0.2, 0.25) is 5.91 Å². The molecule has 2 aromatic carbocycles. The molecule has 0 saturated carbocycles. The molecule has 2 aromatic rings. The predicted octanol–water partition coefficient (Wildman–Crippen LogP) is 5.26. The Bertz CT molecular complexity index is 1010. The molecule has 0 spiro atoms. The highest BCUT2D eigenvalue weighted by Crippen LogP contribution is 2.47. The average molecular weight is 466 g/mol. The minimum absolute atomic E-state index is 0.0495. The summed E-state index contributed by atoms with van der Waals surface area (Å²) in [6, 6.07) is 16.8. The molecule has 0 aliphatic carbocycles. The maximum atomic E-state index is 13.2. The Morgan fingerprint density at radius 3 is 2.32 bits per heavy atom. The number of rotatable bonds is 8. The van der Waals surface area contributed by atoms with E-state index in [0.29, 0.717) is 11.1 Å². The van der Waals surface area contributed by atoms with Crippen LogP contribution in [0.1, 0.15) is 93.2 Å². The molecule has 6 heteroatoms. The lowest BCUT2D eigenvalue weighted by molar-refractivity contribution is -0.327. The molecule has 6 nitrogen and oxygen atoms in total. The monoisotopic (exact) mass is 465 g/mol. The van der Waals surface area contributed by atoms with Gasteiger partial charge in [0.15, 0.2) is 0 Å². The second-order valence-electron chi connectivity index (χ2n) is 10.0. The number of carbonyl (C=O) groups is 2. The second kappa shape index (κ2) is 10.3. The van der Waals surface area contributed by atoms with Crippen molar-refractivity contribution >= 4 is 11.8 Å². The fourth-order valence-corrected chi connectivity index (χ4v) is 5.15. The van der Waals surface area contributed by atoms with Gasteiger partial charge in [-0.25, -0.2) is 0 Å². The maximum absolute atomic E-state index is 13.2. The van der Waals surface area contributed by atoms with E-state index >= 15 is 0 Å². The van der Waals surface area contributed by atoms with Gasteiger partial charge in [-0.05, 0) is 69.7 Å². The van der Waals surface area contributed by atoms with Gasteiger partial charge in [0.05, 0.1) is 0 Å². The van der Waals surface area contributed by atoms with E-state index in [1.807, 2.05) is 18.2 Å². The van der Waals surface area contributed by atoms with Crippen molar-refractivity contribution in [3.05, 3.63) is 71.3 Å². The molecule has 5 unspecified atom stereocenters. The second-order valence-corrected chi connectivity index (χ2v) is 10.0. The van der Waals surface area contributed by atoms with Crippen LogP contribution >= 0.6 is 0 Å². The Hall–Kier alpha value is -2.70. The summed E-state index contributed by atoms with van der Waals surface area (Å²) in [5.41, 5.74) is 6.75. The number of hydrogen-bond acceptors (Lipinski definition) is 4. The van der Waals surface area contributed by atoms with Crippen LogP contribution in [0.15, 0.2) is 54.6 Å². The van der Waals surface area contributed by atoms with Crippen LogP contribution in [0.3, 0.4) is 0 Å². The molecule has 0 bridgehead atoms. The van der Waals surface area contributed by atoms with Gasteiger partial charge in [-0.2, -0.15) is 5.06 Å². The molecule has 1 saturated heterocycles. The van der Waals surface area contributed by atoms with Crippen LogP contribution in [0.5, 0.6) is 0 Å². The minimum atomic E-state index is -0.543. The summed E-state index contributed by atoms with van der Waals surface area (Å²) in [4.78, 5) is 31.4. The number of hydrogen-bond donors (Lipinski definition) is 2. The van der Waals surface area contributed by atoms with Crippen molar-refractivity contribution in [2.45, 2.75) is 84.0 Å². The molecular formula is C28H39N3O3. The number of primary amides is 1. The first-order chi connectivity index (χ1) is 16.1. The van der Waals surface area contributed by atoms with E-state index in [9.17, 15) is 9.59 Å². The SMILES string of the molecule is CCC1(C)CC(NC(=O)c2cccc(C(N)=O)c2)C(C)C(C)(CC)N1OC(C)c1ccccc1. The van der Waals surface area contributed by atoms with E-state index in [-0.39, 0.29) is 35.0 Å². The van der Waals surface area contributed by atoms with Gasteiger partial charge in [0.25, 0.3) is 5.91 Å². The van der Waals surface area contributed by atoms with E-state index in [1.165, 1.54) is 0 Å². The highest BCUT2D eigenvalue weighted by molar-refractivity contribution is 5.99. The van der Waals surface area contributed by atoms with Crippen LogP contribution in [0, 0.1) is 5.92 Å². The molecule has 3 N–H and O–H groups in total. The highest BCUT2D eigenvalue weighted by atomic mass is 16.7. The van der Waals surface area contributed by atoms with E-state index in [1.54, 1.807) is 24.3 Å². The quantitative estimate of drug-likeness (QED) is 0.557. The summed E-state index contributed by atoms with van der Waals surface area (Å²) in [7, 11) is 0. The minimum Gasteiger partial charge on any atom is -0.366 e. The largest absolute Gasteiger partial charge is 0.366 e. The van der Waals surface area contributed by atoms with E-state index in [0.717, 1.165) is 24.8 Å². The lowest BCUT2D eigenvalue weighted by Crippen LogP contribution is -2.70. The van der Waals surface area contributed by atoms with E-state index in [4.69, 9.17) is 10.6 Å². The standard InChI is InChI=1S/C28H39N3O3/c1-7-27(5)18-24(30-26(33)23-16-12-15-22(17-23)25(29)32)19(3)28(6,8-2)31(27)34-20(4)21-13-10-9-11-14-21/h9-17,19-20,24H,7-8,18H2,1-6H3,(H2,29,32)(H,30,33). The van der Waals surface area contributed by atoms with Crippen LogP contribution in [-0.2, 0) is 4.84 Å². The smallest absolute Gasteiger partial charge is 0.251 e. The van der Waals surface area contributed by atoms with Crippen molar-refractivity contribution in [2.75, 3.05) is 0 Å². The van der Waals surface area contributed by atoms with E-state index in [2.05, 4.69) is 64.1 Å². The van der Waals surface area contributed by atoms with Crippen LogP contribution in [-0.4, -0.2) is 34.0 Å². The van der Waals surface area contributed by atoms with Crippen LogP contribution < -0.4 is 11.1 Å². The lowest BCUT2D eigenvalue weighted by atomic mass is 9.68. The molecule has 0 aromatic heterocycles. The number of nitrogens with one attached hydrogen (secondary N) is 1. The van der Waals surface area contributed by atoms with Crippen molar-refractivity contribution in [3.63, 3.8) is 0 Å². The number of hydroxylamine groups is 2. The summed E-state index contributed by atoms with van der Waals surface area (Å²) in [5.74, 6) is -0.606. The predicted molar refractivity (Wildman–Crippen MR) is 135 cm³/mol. The lowest BCUT2D eigenvalue weighted by Gasteiger charge is -2.60. The van der Waals surface area contributed by atoms with Crippen LogP contribution in [0.4, 0.5) is 0 Å². The molecule has 1 aliphatic rings. The normalized spacial score (nSPS) is 28.3. The Kier molecular flexibility index (Phi) is 7.84. The summed E-state index contributed by atoms with van der Waals surface area (Å²) in [6.07, 6.45) is 2.41. The Balaban J connectivity index is 1.87. The summed E-state index contributed by atoms with van der Waals surface area (Å²) in [6.45, 7) is 13.1. The third-order valence-corrected chi connectivity index (χ3v) is 7.93. The molecule has 1 fully saturated rings. The maximum Gasteiger partial charge on any atom is 0.251 e. The molecule has 2 amide bonds. The van der Waals surface area contributed by atoms with Gasteiger partial charge in [-0.3, -0.25) is 14.4 Å². The first-order valence-electron chi connectivity index (χ1n) is 12.3. The van der Waals surface area contributed by atoms with Gasteiger partial charge < -0.3 is 11.1 Å². The van der Waals surface area contributed by atoms with Gasteiger partial charge in [-0.1, -0.05) is 57.2 Å². The van der Waals surface area contributed by atoms with Crippen molar-refractivity contribution in [1.29, 1.82) is 0 Å². The third kappa shape index (κ3) is 5.03. The van der Waals surface area contributed by atoms with Crippen molar-refractivity contribution < 1.29 is 14.4 Å². The first kappa shape index (κ1) is 25.9. The van der Waals surface area contributed by atoms with Gasteiger partial charge in [-0.15, -0.1) is 0 Å². The number of amides is 2.